The van der Waals surface area contributed by atoms with Gasteiger partial charge in [0.05, 0.1) is 17.5 Å². The Hall–Kier alpha value is -1.85. The Kier molecular flexibility index (Phi) is 4.82. The number of rotatable bonds is 5. The van der Waals surface area contributed by atoms with Crippen molar-refractivity contribution in [1.29, 1.82) is 0 Å². The molecular weight excluding hydrogens is 294 g/mol. The largest absolute Gasteiger partial charge is 0.481 e. The molecular formula is C17H27N3O3. The molecule has 1 aliphatic heterocycles. The molecule has 6 heteroatoms. The van der Waals surface area contributed by atoms with E-state index in [9.17, 15) is 14.7 Å². The third-order valence-corrected chi connectivity index (χ3v) is 4.74. The molecule has 0 aliphatic carbocycles. The fourth-order valence-electron chi connectivity index (χ4n) is 3.13. The molecule has 1 N–H and O–H groups in total. The molecule has 1 atom stereocenters. The summed E-state index contributed by atoms with van der Waals surface area (Å²) in [7, 11) is 0. The number of nitrogens with zero attached hydrogens (tertiary/aromatic N) is 3. The molecule has 0 bridgehead atoms. The number of carbonyl (C=O) groups is 2. The van der Waals surface area contributed by atoms with E-state index in [0.717, 1.165) is 23.5 Å². The van der Waals surface area contributed by atoms with Gasteiger partial charge in [0.1, 0.15) is 0 Å². The van der Waals surface area contributed by atoms with Crippen LogP contribution in [0.25, 0.3) is 0 Å². The zero-order chi connectivity index (χ0) is 17.4. The molecule has 0 saturated carbocycles. The molecule has 23 heavy (non-hydrogen) atoms. The lowest BCUT2D eigenvalue weighted by Crippen LogP contribution is -2.35. The molecule has 6 nitrogen and oxygen atoms in total. The Bertz CT molecular complexity index is 621. The number of hydrogen-bond donors (Lipinski definition) is 1. The van der Waals surface area contributed by atoms with Gasteiger partial charge < -0.3 is 10.0 Å². The van der Waals surface area contributed by atoms with Crippen LogP contribution in [-0.2, 0) is 22.6 Å². The van der Waals surface area contributed by atoms with Crippen molar-refractivity contribution >= 4 is 11.9 Å². The third-order valence-electron chi connectivity index (χ3n) is 4.74. The molecule has 1 unspecified atom stereocenters. The van der Waals surface area contributed by atoms with Crippen LogP contribution in [0.5, 0.6) is 0 Å². The SMILES string of the molecule is Cc1nn(CC(C)C)c(C)c1CC(=O)N1CCC(C)(C(=O)O)C1. The van der Waals surface area contributed by atoms with Gasteiger partial charge in [-0.1, -0.05) is 13.8 Å². The van der Waals surface area contributed by atoms with Crippen molar-refractivity contribution in [2.24, 2.45) is 11.3 Å². The Labute approximate surface area is 137 Å². The van der Waals surface area contributed by atoms with E-state index in [0.29, 0.717) is 31.8 Å². The van der Waals surface area contributed by atoms with Crippen LogP contribution < -0.4 is 0 Å². The number of carbonyl (C=O) groups excluding carboxylic acids is 1. The second-order valence-corrected chi connectivity index (χ2v) is 7.33. The molecule has 1 aromatic heterocycles. The molecule has 2 heterocycles. The molecule has 1 saturated heterocycles. The summed E-state index contributed by atoms with van der Waals surface area (Å²) in [4.78, 5) is 25.5. The summed E-state index contributed by atoms with van der Waals surface area (Å²) in [5.41, 5.74) is 2.07. The smallest absolute Gasteiger partial charge is 0.311 e. The minimum atomic E-state index is -0.829. The minimum Gasteiger partial charge on any atom is -0.481 e. The maximum atomic E-state index is 12.6. The van der Waals surface area contributed by atoms with Gasteiger partial charge in [0.2, 0.25) is 5.91 Å². The highest BCUT2D eigenvalue weighted by Gasteiger charge is 2.42. The summed E-state index contributed by atoms with van der Waals surface area (Å²) in [6, 6.07) is 0. The molecule has 2 rings (SSSR count). The van der Waals surface area contributed by atoms with E-state index in [-0.39, 0.29) is 5.91 Å². The minimum absolute atomic E-state index is 0.00901. The second kappa shape index (κ2) is 6.34. The van der Waals surface area contributed by atoms with E-state index in [2.05, 4.69) is 18.9 Å². The molecule has 1 aromatic rings. The van der Waals surface area contributed by atoms with Gasteiger partial charge in [-0.3, -0.25) is 14.3 Å². The molecule has 1 amide bonds. The predicted octanol–water partition coefficient (Wildman–Crippen LogP) is 2.02. The molecule has 1 aliphatic rings. The van der Waals surface area contributed by atoms with Gasteiger partial charge in [-0.15, -0.1) is 0 Å². The second-order valence-electron chi connectivity index (χ2n) is 7.33. The average Bonchev–Trinajstić information content (AvgIpc) is 2.96. The van der Waals surface area contributed by atoms with Crippen molar-refractivity contribution < 1.29 is 14.7 Å². The Morgan fingerprint density at radius 3 is 2.52 bits per heavy atom. The zero-order valence-electron chi connectivity index (χ0n) is 14.7. The van der Waals surface area contributed by atoms with E-state index < -0.39 is 11.4 Å². The first-order valence-electron chi connectivity index (χ1n) is 8.18. The Morgan fingerprint density at radius 1 is 1.35 bits per heavy atom. The van der Waals surface area contributed by atoms with Crippen molar-refractivity contribution in [2.75, 3.05) is 13.1 Å². The predicted molar refractivity (Wildman–Crippen MR) is 87.2 cm³/mol. The van der Waals surface area contributed by atoms with Crippen LogP contribution in [0.4, 0.5) is 0 Å². The number of likely N-dealkylation sites (tertiary alicyclic amines) is 1. The van der Waals surface area contributed by atoms with E-state index in [1.54, 1.807) is 11.8 Å². The average molecular weight is 321 g/mol. The molecule has 128 valence electrons. The van der Waals surface area contributed by atoms with Gasteiger partial charge in [0.25, 0.3) is 0 Å². The first-order valence-corrected chi connectivity index (χ1v) is 8.18. The molecule has 0 radical (unpaired) electrons. The van der Waals surface area contributed by atoms with Crippen LogP contribution in [0.3, 0.4) is 0 Å². The van der Waals surface area contributed by atoms with E-state index in [1.807, 2.05) is 18.5 Å². The van der Waals surface area contributed by atoms with Crippen molar-refractivity contribution in [2.45, 2.75) is 54.0 Å². The summed E-state index contributed by atoms with van der Waals surface area (Å²) < 4.78 is 1.97. The van der Waals surface area contributed by atoms with Crippen LogP contribution >= 0.6 is 0 Å². The summed E-state index contributed by atoms with van der Waals surface area (Å²) in [6.07, 6.45) is 0.810. The number of hydrogen-bond acceptors (Lipinski definition) is 3. The fraction of sp³-hybridized carbons (Fsp3) is 0.706. The lowest BCUT2D eigenvalue weighted by molar-refractivity contribution is -0.147. The van der Waals surface area contributed by atoms with E-state index >= 15 is 0 Å². The number of carboxylic acid groups (broad SMARTS) is 1. The quantitative estimate of drug-likeness (QED) is 0.900. The normalized spacial score (nSPS) is 21.2. The first kappa shape index (κ1) is 17.5. The van der Waals surface area contributed by atoms with Gasteiger partial charge in [0.15, 0.2) is 0 Å². The highest BCUT2D eigenvalue weighted by atomic mass is 16.4. The first-order chi connectivity index (χ1) is 10.6. The van der Waals surface area contributed by atoms with Gasteiger partial charge in [-0.2, -0.15) is 5.10 Å². The summed E-state index contributed by atoms with van der Waals surface area (Å²) >= 11 is 0. The zero-order valence-corrected chi connectivity index (χ0v) is 14.7. The highest BCUT2D eigenvalue weighted by molar-refractivity contribution is 5.82. The van der Waals surface area contributed by atoms with Crippen LogP contribution in [0.2, 0.25) is 0 Å². The maximum Gasteiger partial charge on any atom is 0.311 e. The Balaban J connectivity index is 2.10. The topological polar surface area (TPSA) is 75.4 Å². The third kappa shape index (κ3) is 3.57. The monoisotopic (exact) mass is 321 g/mol. The fourth-order valence-corrected chi connectivity index (χ4v) is 3.13. The number of aryl methyl sites for hydroxylation is 1. The number of amides is 1. The standard InChI is InChI=1S/C17H27N3O3/c1-11(2)9-20-13(4)14(12(3)18-20)8-15(21)19-7-6-17(5,10-19)16(22)23/h11H,6-10H2,1-5H3,(H,22,23). The van der Waals surface area contributed by atoms with Crippen molar-refractivity contribution in [3.8, 4) is 0 Å². The maximum absolute atomic E-state index is 12.6. The molecule has 0 aromatic carbocycles. The van der Waals surface area contributed by atoms with Crippen LogP contribution in [-0.4, -0.2) is 44.8 Å². The van der Waals surface area contributed by atoms with E-state index in [1.165, 1.54) is 0 Å². The van der Waals surface area contributed by atoms with E-state index in [4.69, 9.17) is 0 Å². The summed E-state index contributed by atoms with van der Waals surface area (Å²) in [5.74, 6) is -0.346. The molecule has 0 spiro atoms. The summed E-state index contributed by atoms with van der Waals surface area (Å²) in [6.45, 7) is 11.5. The molecule has 1 fully saturated rings. The van der Waals surface area contributed by atoms with Crippen LogP contribution in [0.15, 0.2) is 0 Å². The Morgan fingerprint density at radius 2 is 2.00 bits per heavy atom. The van der Waals surface area contributed by atoms with Gasteiger partial charge in [-0.05, 0) is 33.1 Å². The number of carboxylic acids is 1. The van der Waals surface area contributed by atoms with Crippen molar-refractivity contribution in [1.82, 2.24) is 14.7 Å². The number of aromatic nitrogens is 2. The van der Waals surface area contributed by atoms with Crippen LogP contribution in [0, 0.1) is 25.2 Å². The lowest BCUT2D eigenvalue weighted by atomic mass is 9.90. The summed E-state index contributed by atoms with van der Waals surface area (Å²) in [5, 5.41) is 13.8. The highest BCUT2D eigenvalue weighted by Crippen LogP contribution is 2.30. The van der Waals surface area contributed by atoms with Crippen molar-refractivity contribution in [3.05, 3.63) is 17.0 Å². The van der Waals surface area contributed by atoms with Crippen LogP contribution in [0.1, 0.15) is 44.1 Å². The lowest BCUT2D eigenvalue weighted by Gasteiger charge is -2.20. The van der Waals surface area contributed by atoms with Gasteiger partial charge in [-0.25, -0.2) is 0 Å². The number of aliphatic carboxylic acids is 1. The van der Waals surface area contributed by atoms with Crippen molar-refractivity contribution in [3.63, 3.8) is 0 Å². The van der Waals surface area contributed by atoms with Gasteiger partial charge in [0, 0.05) is 30.9 Å². The van der Waals surface area contributed by atoms with Gasteiger partial charge >= 0.3 is 5.97 Å².